The van der Waals surface area contributed by atoms with Gasteiger partial charge in [-0.15, -0.1) is 10.2 Å². The maximum atomic E-state index is 13.3. The third-order valence-corrected chi connectivity index (χ3v) is 6.02. The van der Waals surface area contributed by atoms with Crippen LogP contribution in [0.1, 0.15) is 24.7 Å². The van der Waals surface area contributed by atoms with Crippen LogP contribution in [0.25, 0.3) is 0 Å². The summed E-state index contributed by atoms with van der Waals surface area (Å²) in [6, 6.07) is 11.2. The number of benzene rings is 2. The van der Waals surface area contributed by atoms with Crippen LogP contribution in [0.4, 0.5) is 4.39 Å². The highest BCUT2D eigenvalue weighted by Gasteiger charge is 2.14. The molecule has 0 saturated heterocycles. The van der Waals surface area contributed by atoms with Gasteiger partial charge in [-0.2, -0.15) is 0 Å². The molecule has 0 fully saturated rings. The highest BCUT2D eigenvalue weighted by molar-refractivity contribution is 7.99. The molecule has 0 unspecified atom stereocenters. The molecule has 0 spiro atoms. The monoisotopic (exact) mass is 481 g/mol. The summed E-state index contributed by atoms with van der Waals surface area (Å²) in [5, 5.41) is 10.2. The Kier molecular flexibility index (Phi) is 8.75. The second-order valence-corrected chi connectivity index (χ2v) is 8.59. The molecule has 0 atom stereocenters. The minimum atomic E-state index is -0.337. The van der Waals surface area contributed by atoms with Crippen LogP contribution >= 0.6 is 35.0 Å². The number of hydrogen-bond acceptors (Lipinski definition) is 5. The smallest absolute Gasteiger partial charge is 0.191 e. The van der Waals surface area contributed by atoms with E-state index in [-0.39, 0.29) is 23.8 Å². The quantitative estimate of drug-likeness (QED) is 0.261. The van der Waals surface area contributed by atoms with E-state index >= 15 is 0 Å². The van der Waals surface area contributed by atoms with Gasteiger partial charge >= 0.3 is 0 Å². The van der Waals surface area contributed by atoms with Crippen LogP contribution in [0.5, 0.6) is 5.75 Å². The van der Waals surface area contributed by atoms with Crippen molar-refractivity contribution in [2.75, 3.05) is 12.4 Å². The number of carbonyl (C=O) groups is 1. The van der Waals surface area contributed by atoms with Gasteiger partial charge in [0.25, 0.3) is 0 Å². The van der Waals surface area contributed by atoms with Crippen LogP contribution in [0.3, 0.4) is 0 Å². The summed E-state index contributed by atoms with van der Waals surface area (Å²) in [5.41, 5.74) is 0.670. The fourth-order valence-corrected chi connectivity index (χ4v) is 4.35. The number of aryl methyl sites for hydroxylation is 1. The number of halogens is 3. The Morgan fingerprint density at radius 3 is 2.77 bits per heavy atom. The first-order valence-electron chi connectivity index (χ1n) is 9.85. The normalized spacial score (nSPS) is 11.0. The number of Topliss-reactive ketones (excluding diaryl/α,β-unsaturated/α-hetero) is 1. The van der Waals surface area contributed by atoms with Gasteiger partial charge in [0.15, 0.2) is 5.16 Å². The standard InChI is InChI=1S/C22H22Cl2FN3O2S/c1-2-28-21(7-4-10-30-20-9-8-16(23)13-19(20)24)26-27-22(28)31-14-18(29)12-15-5-3-6-17(25)11-15/h3,5-6,8-9,11,13H,2,4,7,10,12,14H2,1H3. The van der Waals surface area contributed by atoms with Gasteiger partial charge in [0, 0.05) is 24.4 Å². The molecule has 1 heterocycles. The van der Waals surface area contributed by atoms with Gasteiger partial charge in [0.2, 0.25) is 0 Å². The molecule has 0 aliphatic carbocycles. The van der Waals surface area contributed by atoms with E-state index in [1.54, 1.807) is 30.3 Å². The SMILES string of the molecule is CCn1c(CCCOc2ccc(Cl)cc2Cl)nnc1SCC(=O)Cc1cccc(F)c1. The number of nitrogens with zero attached hydrogens (tertiary/aromatic N) is 3. The van der Waals surface area contributed by atoms with E-state index in [2.05, 4.69) is 10.2 Å². The highest BCUT2D eigenvalue weighted by Crippen LogP contribution is 2.27. The summed E-state index contributed by atoms with van der Waals surface area (Å²) in [6.45, 7) is 3.19. The fraction of sp³-hybridized carbons (Fsp3) is 0.318. The first-order chi connectivity index (χ1) is 15.0. The molecule has 0 radical (unpaired) electrons. The predicted octanol–water partition coefficient (Wildman–Crippen LogP) is 5.66. The van der Waals surface area contributed by atoms with E-state index in [1.807, 2.05) is 11.5 Å². The van der Waals surface area contributed by atoms with Crippen LogP contribution in [0.2, 0.25) is 10.0 Å². The van der Waals surface area contributed by atoms with E-state index in [9.17, 15) is 9.18 Å². The molecule has 0 aliphatic rings. The Bertz CT molecular complexity index is 1050. The minimum absolute atomic E-state index is 0.0102. The lowest BCUT2D eigenvalue weighted by atomic mass is 10.1. The van der Waals surface area contributed by atoms with Gasteiger partial charge in [-0.05, 0) is 49.2 Å². The van der Waals surface area contributed by atoms with E-state index in [0.29, 0.717) is 46.1 Å². The van der Waals surface area contributed by atoms with Crippen LogP contribution in [0.15, 0.2) is 47.6 Å². The van der Waals surface area contributed by atoms with Crippen LogP contribution in [0, 0.1) is 5.82 Å². The molecule has 9 heteroatoms. The third-order valence-electron chi connectivity index (χ3n) is 4.46. The van der Waals surface area contributed by atoms with Crippen molar-refractivity contribution in [2.24, 2.45) is 0 Å². The molecule has 0 bridgehead atoms. The van der Waals surface area contributed by atoms with E-state index in [1.165, 1.54) is 23.9 Å². The second kappa shape index (κ2) is 11.5. The van der Waals surface area contributed by atoms with Gasteiger partial charge in [0.05, 0.1) is 17.4 Å². The van der Waals surface area contributed by atoms with Crippen molar-refractivity contribution in [3.63, 3.8) is 0 Å². The number of thioether (sulfide) groups is 1. The van der Waals surface area contributed by atoms with Crippen molar-refractivity contribution < 1.29 is 13.9 Å². The maximum Gasteiger partial charge on any atom is 0.191 e. The largest absolute Gasteiger partial charge is 0.492 e. The Labute approximate surface area is 194 Å². The average Bonchev–Trinajstić information content (AvgIpc) is 3.12. The van der Waals surface area contributed by atoms with Gasteiger partial charge in [-0.1, -0.05) is 47.1 Å². The zero-order chi connectivity index (χ0) is 22.2. The summed E-state index contributed by atoms with van der Waals surface area (Å²) < 4.78 is 21.0. The van der Waals surface area contributed by atoms with Crippen molar-refractivity contribution in [3.8, 4) is 5.75 Å². The molecule has 0 amide bonds. The molecule has 0 saturated carbocycles. The molecule has 31 heavy (non-hydrogen) atoms. The summed E-state index contributed by atoms with van der Waals surface area (Å²) in [5.74, 6) is 1.36. The maximum absolute atomic E-state index is 13.3. The van der Waals surface area contributed by atoms with Crippen LogP contribution in [-0.2, 0) is 24.2 Å². The molecule has 164 valence electrons. The molecule has 2 aromatic carbocycles. The number of rotatable bonds is 11. The van der Waals surface area contributed by atoms with Crippen molar-refractivity contribution in [1.82, 2.24) is 14.8 Å². The molecular weight excluding hydrogens is 460 g/mol. The molecule has 0 N–H and O–H groups in total. The lowest BCUT2D eigenvalue weighted by molar-refractivity contribution is -0.116. The number of aromatic nitrogens is 3. The molecular formula is C22H22Cl2FN3O2S. The Balaban J connectivity index is 1.48. The number of carbonyl (C=O) groups excluding carboxylic acids is 1. The molecule has 5 nitrogen and oxygen atoms in total. The first-order valence-corrected chi connectivity index (χ1v) is 11.6. The lowest BCUT2D eigenvalue weighted by Crippen LogP contribution is -2.09. The van der Waals surface area contributed by atoms with Crippen molar-refractivity contribution in [2.45, 2.75) is 37.9 Å². The summed E-state index contributed by atoms with van der Waals surface area (Å²) in [7, 11) is 0. The Hall–Kier alpha value is -2.09. The van der Waals surface area contributed by atoms with E-state index in [0.717, 1.165) is 12.2 Å². The summed E-state index contributed by atoms with van der Waals surface area (Å²) in [4.78, 5) is 12.3. The van der Waals surface area contributed by atoms with E-state index < -0.39 is 0 Å². The predicted molar refractivity (Wildman–Crippen MR) is 122 cm³/mol. The van der Waals surface area contributed by atoms with Gasteiger partial charge < -0.3 is 9.30 Å². The minimum Gasteiger partial charge on any atom is -0.492 e. The topological polar surface area (TPSA) is 57.0 Å². The highest BCUT2D eigenvalue weighted by atomic mass is 35.5. The zero-order valence-electron chi connectivity index (χ0n) is 17.0. The third kappa shape index (κ3) is 6.95. The first kappa shape index (κ1) is 23.6. The number of ketones is 1. The number of hydrogen-bond donors (Lipinski definition) is 0. The van der Waals surface area contributed by atoms with E-state index in [4.69, 9.17) is 27.9 Å². The lowest BCUT2D eigenvalue weighted by Gasteiger charge is -2.09. The second-order valence-electron chi connectivity index (χ2n) is 6.80. The van der Waals surface area contributed by atoms with Gasteiger partial charge in [-0.25, -0.2) is 4.39 Å². The molecule has 1 aromatic heterocycles. The fourth-order valence-electron chi connectivity index (χ4n) is 3.00. The molecule has 0 aliphatic heterocycles. The molecule has 3 rings (SSSR count). The summed E-state index contributed by atoms with van der Waals surface area (Å²) in [6.07, 6.45) is 1.62. The Morgan fingerprint density at radius 1 is 1.19 bits per heavy atom. The summed E-state index contributed by atoms with van der Waals surface area (Å²) >= 11 is 13.3. The number of ether oxygens (including phenoxy) is 1. The zero-order valence-corrected chi connectivity index (χ0v) is 19.3. The van der Waals surface area contributed by atoms with Gasteiger partial charge in [0.1, 0.15) is 23.2 Å². The van der Waals surface area contributed by atoms with Crippen LogP contribution in [-0.4, -0.2) is 32.9 Å². The Morgan fingerprint density at radius 2 is 2.03 bits per heavy atom. The average molecular weight is 482 g/mol. The van der Waals surface area contributed by atoms with Crippen LogP contribution < -0.4 is 4.74 Å². The van der Waals surface area contributed by atoms with Gasteiger partial charge in [-0.3, -0.25) is 4.79 Å². The van der Waals surface area contributed by atoms with Crippen molar-refractivity contribution >= 4 is 40.7 Å². The van der Waals surface area contributed by atoms with Crippen molar-refractivity contribution in [1.29, 1.82) is 0 Å². The van der Waals surface area contributed by atoms with Crippen molar-refractivity contribution in [3.05, 3.63) is 69.7 Å². The molecule has 3 aromatic rings.